The minimum atomic E-state index is -0.0452. The van der Waals surface area contributed by atoms with Gasteiger partial charge in [-0.2, -0.15) is 5.10 Å². The standard InChI is InChI=1S/C14H18N4O/c15-13-8-10-18(17-13)11-14(19)16-9-4-7-12-5-2-1-3-6-12/h1-3,5-6,8,10H,4,7,9,11H2,(H2,15,17)(H,16,19). The molecule has 0 saturated heterocycles. The van der Waals surface area contributed by atoms with Crippen molar-refractivity contribution in [3.8, 4) is 0 Å². The van der Waals surface area contributed by atoms with Gasteiger partial charge in [-0.25, -0.2) is 0 Å². The van der Waals surface area contributed by atoms with Crippen molar-refractivity contribution in [1.29, 1.82) is 0 Å². The monoisotopic (exact) mass is 258 g/mol. The molecule has 3 N–H and O–H groups in total. The Hall–Kier alpha value is -2.30. The Kier molecular flexibility index (Phi) is 4.55. The van der Waals surface area contributed by atoms with Crippen LogP contribution in [0.3, 0.4) is 0 Å². The van der Waals surface area contributed by atoms with Crippen LogP contribution in [-0.4, -0.2) is 22.2 Å². The lowest BCUT2D eigenvalue weighted by molar-refractivity contribution is -0.121. The topological polar surface area (TPSA) is 72.9 Å². The quantitative estimate of drug-likeness (QED) is 0.765. The second-order valence-electron chi connectivity index (χ2n) is 4.38. The van der Waals surface area contributed by atoms with E-state index in [1.165, 1.54) is 10.2 Å². The van der Waals surface area contributed by atoms with E-state index in [0.717, 1.165) is 12.8 Å². The molecule has 5 nitrogen and oxygen atoms in total. The average Bonchev–Trinajstić information content (AvgIpc) is 2.81. The fraction of sp³-hybridized carbons (Fsp3) is 0.286. The Morgan fingerprint density at radius 2 is 2.05 bits per heavy atom. The zero-order chi connectivity index (χ0) is 13.5. The van der Waals surface area contributed by atoms with Crippen LogP contribution in [0.25, 0.3) is 0 Å². The van der Waals surface area contributed by atoms with Gasteiger partial charge in [0.2, 0.25) is 5.91 Å². The van der Waals surface area contributed by atoms with Crippen LogP contribution in [0, 0.1) is 0 Å². The Morgan fingerprint density at radius 1 is 1.26 bits per heavy atom. The number of nitrogens with zero attached hydrogens (tertiary/aromatic N) is 2. The third kappa shape index (κ3) is 4.46. The molecule has 1 amide bonds. The minimum absolute atomic E-state index is 0.0452. The second-order valence-corrected chi connectivity index (χ2v) is 4.38. The molecule has 0 atom stereocenters. The summed E-state index contributed by atoms with van der Waals surface area (Å²) in [6, 6.07) is 11.9. The molecule has 0 bridgehead atoms. The van der Waals surface area contributed by atoms with Gasteiger partial charge in [0.1, 0.15) is 12.4 Å². The highest BCUT2D eigenvalue weighted by Crippen LogP contribution is 2.01. The van der Waals surface area contributed by atoms with Crippen molar-refractivity contribution in [2.75, 3.05) is 12.3 Å². The molecular formula is C14H18N4O. The van der Waals surface area contributed by atoms with E-state index in [0.29, 0.717) is 12.4 Å². The van der Waals surface area contributed by atoms with Crippen LogP contribution >= 0.6 is 0 Å². The van der Waals surface area contributed by atoms with Gasteiger partial charge in [0, 0.05) is 12.7 Å². The van der Waals surface area contributed by atoms with E-state index in [1.54, 1.807) is 12.3 Å². The number of nitrogen functional groups attached to an aromatic ring is 1. The fourth-order valence-corrected chi connectivity index (χ4v) is 1.83. The van der Waals surface area contributed by atoms with Gasteiger partial charge in [-0.3, -0.25) is 9.48 Å². The SMILES string of the molecule is Nc1ccn(CC(=O)NCCCc2ccccc2)n1. The summed E-state index contributed by atoms with van der Waals surface area (Å²) < 4.78 is 1.53. The predicted molar refractivity (Wildman–Crippen MR) is 74.4 cm³/mol. The van der Waals surface area contributed by atoms with Gasteiger partial charge in [0.15, 0.2) is 0 Å². The summed E-state index contributed by atoms with van der Waals surface area (Å²) in [6.45, 7) is 0.882. The second kappa shape index (κ2) is 6.58. The van der Waals surface area contributed by atoms with Crippen LogP contribution in [-0.2, 0) is 17.8 Å². The molecular weight excluding hydrogens is 240 g/mol. The first kappa shape index (κ1) is 13.1. The highest BCUT2D eigenvalue weighted by molar-refractivity contribution is 5.75. The molecule has 1 aromatic heterocycles. The number of hydrogen-bond acceptors (Lipinski definition) is 3. The number of carbonyl (C=O) groups is 1. The molecule has 0 radical (unpaired) electrons. The van der Waals surface area contributed by atoms with Crippen LogP contribution in [0.4, 0.5) is 5.82 Å². The Bertz CT molecular complexity index is 521. The molecule has 1 heterocycles. The summed E-state index contributed by atoms with van der Waals surface area (Å²) in [5, 5.41) is 6.83. The first-order chi connectivity index (χ1) is 9.24. The molecule has 19 heavy (non-hydrogen) atoms. The van der Waals surface area contributed by atoms with Crippen molar-refractivity contribution in [3.05, 3.63) is 48.2 Å². The summed E-state index contributed by atoms with van der Waals surface area (Å²) in [4.78, 5) is 11.6. The molecule has 0 unspecified atom stereocenters. The third-order valence-electron chi connectivity index (χ3n) is 2.77. The number of nitrogens with two attached hydrogens (primary N) is 1. The lowest BCUT2D eigenvalue weighted by Gasteiger charge is -2.05. The average molecular weight is 258 g/mol. The number of hydrogen-bond donors (Lipinski definition) is 2. The summed E-state index contributed by atoms with van der Waals surface area (Å²) in [7, 11) is 0. The number of nitrogens with one attached hydrogen (secondary N) is 1. The van der Waals surface area contributed by atoms with Gasteiger partial charge in [0.25, 0.3) is 0 Å². The number of amides is 1. The Labute approximate surface area is 112 Å². The van der Waals surface area contributed by atoms with E-state index in [1.807, 2.05) is 18.2 Å². The molecule has 0 fully saturated rings. The zero-order valence-corrected chi connectivity index (χ0v) is 10.7. The summed E-state index contributed by atoms with van der Waals surface area (Å²) in [6.07, 6.45) is 3.59. The number of rotatable bonds is 6. The zero-order valence-electron chi connectivity index (χ0n) is 10.7. The van der Waals surface area contributed by atoms with Crippen LogP contribution in [0.1, 0.15) is 12.0 Å². The van der Waals surface area contributed by atoms with Gasteiger partial charge >= 0.3 is 0 Å². The Morgan fingerprint density at radius 3 is 2.74 bits per heavy atom. The lowest BCUT2D eigenvalue weighted by Crippen LogP contribution is -2.28. The van der Waals surface area contributed by atoms with Crippen LogP contribution < -0.4 is 11.1 Å². The molecule has 0 aliphatic carbocycles. The molecule has 5 heteroatoms. The van der Waals surface area contributed by atoms with Crippen LogP contribution in [0.5, 0.6) is 0 Å². The first-order valence-electron chi connectivity index (χ1n) is 6.33. The third-order valence-corrected chi connectivity index (χ3v) is 2.77. The van der Waals surface area contributed by atoms with E-state index in [2.05, 4.69) is 22.5 Å². The maximum absolute atomic E-state index is 11.6. The maximum Gasteiger partial charge on any atom is 0.241 e. The predicted octanol–water partition coefficient (Wildman–Crippen LogP) is 1.21. The molecule has 0 aliphatic rings. The highest BCUT2D eigenvalue weighted by Gasteiger charge is 2.03. The smallest absolute Gasteiger partial charge is 0.241 e. The number of aryl methyl sites for hydroxylation is 1. The fourth-order valence-electron chi connectivity index (χ4n) is 1.83. The van der Waals surface area contributed by atoms with Crippen molar-refractivity contribution >= 4 is 11.7 Å². The van der Waals surface area contributed by atoms with E-state index in [-0.39, 0.29) is 12.5 Å². The minimum Gasteiger partial charge on any atom is -0.382 e. The maximum atomic E-state index is 11.6. The molecule has 2 rings (SSSR count). The molecule has 100 valence electrons. The number of carbonyl (C=O) groups excluding carboxylic acids is 1. The van der Waals surface area contributed by atoms with E-state index in [9.17, 15) is 4.79 Å². The first-order valence-corrected chi connectivity index (χ1v) is 6.33. The van der Waals surface area contributed by atoms with Gasteiger partial charge < -0.3 is 11.1 Å². The molecule has 1 aromatic carbocycles. The Balaban J connectivity index is 1.64. The van der Waals surface area contributed by atoms with Crippen LogP contribution in [0.2, 0.25) is 0 Å². The van der Waals surface area contributed by atoms with Crippen LogP contribution in [0.15, 0.2) is 42.6 Å². The molecule has 2 aromatic rings. The number of benzene rings is 1. The summed E-state index contributed by atoms with van der Waals surface area (Å²) in [5.41, 5.74) is 6.77. The number of anilines is 1. The molecule has 0 aliphatic heterocycles. The van der Waals surface area contributed by atoms with Crippen molar-refractivity contribution in [3.63, 3.8) is 0 Å². The van der Waals surface area contributed by atoms with Crippen molar-refractivity contribution < 1.29 is 4.79 Å². The van der Waals surface area contributed by atoms with E-state index in [4.69, 9.17) is 5.73 Å². The normalized spacial score (nSPS) is 10.3. The van der Waals surface area contributed by atoms with E-state index >= 15 is 0 Å². The molecule has 0 saturated carbocycles. The number of aromatic nitrogens is 2. The van der Waals surface area contributed by atoms with Gasteiger partial charge in [-0.1, -0.05) is 30.3 Å². The highest BCUT2D eigenvalue weighted by atomic mass is 16.2. The summed E-state index contributed by atoms with van der Waals surface area (Å²) in [5.74, 6) is 0.382. The van der Waals surface area contributed by atoms with E-state index < -0.39 is 0 Å². The van der Waals surface area contributed by atoms with Crippen molar-refractivity contribution in [2.24, 2.45) is 0 Å². The van der Waals surface area contributed by atoms with Crippen molar-refractivity contribution in [1.82, 2.24) is 15.1 Å². The van der Waals surface area contributed by atoms with Gasteiger partial charge in [0.05, 0.1) is 0 Å². The summed E-state index contributed by atoms with van der Waals surface area (Å²) >= 11 is 0. The molecule has 0 spiro atoms. The van der Waals surface area contributed by atoms with Gasteiger partial charge in [-0.15, -0.1) is 0 Å². The van der Waals surface area contributed by atoms with Crippen molar-refractivity contribution in [2.45, 2.75) is 19.4 Å². The lowest BCUT2D eigenvalue weighted by atomic mass is 10.1. The van der Waals surface area contributed by atoms with Gasteiger partial charge in [-0.05, 0) is 24.5 Å². The largest absolute Gasteiger partial charge is 0.382 e.